The molecule has 0 aromatic rings. The van der Waals surface area contributed by atoms with Crippen molar-refractivity contribution < 1.29 is 13.9 Å². The Morgan fingerprint density at radius 3 is 2.42 bits per heavy atom. The van der Waals surface area contributed by atoms with Gasteiger partial charge in [0.15, 0.2) is 14.1 Å². The lowest BCUT2D eigenvalue weighted by Gasteiger charge is -2.59. The van der Waals surface area contributed by atoms with E-state index in [2.05, 4.69) is 74.6 Å². The van der Waals surface area contributed by atoms with Crippen molar-refractivity contribution in [1.82, 2.24) is 0 Å². The molecule has 4 heteroatoms. The Bertz CT molecular complexity index is 902. The summed E-state index contributed by atoms with van der Waals surface area (Å²) < 4.78 is 19.3. The summed E-state index contributed by atoms with van der Waals surface area (Å²) in [5.74, 6) is 3.90. The molecule has 1 saturated heterocycles. The van der Waals surface area contributed by atoms with Gasteiger partial charge in [-0.25, -0.2) is 0 Å². The van der Waals surface area contributed by atoms with E-state index in [1.54, 1.807) is 5.57 Å². The molecule has 218 valence electrons. The zero-order valence-electron chi connectivity index (χ0n) is 26.6. The van der Waals surface area contributed by atoms with E-state index < -0.39 is 14.1 Å². The molecule has 5 aliphatic rings. The van der Waals surface area contributed by atoms with Crippen molar-refractivity contribution in [2.75, 3.05) is 6.61 Å². The van der Waals surface area contributed by atoms with Gasteiger partial charge in [0, 0.05) is 6.61 Å². The van der Waals surface area contributed by atoms with E-state index in [1.807, 2.05) is 0 Å². The minimum atomic E-state index is -1.61. The monoisotopic (exact) mass is 544 g/mol. The molecular weight excluding hydrogens is 484 g/mol. The lowest BCUT2D eigenvalue weighted by Crippen LogP contribution is -2.53. The molecule has 5 rings (SSSR count). The summed E-state index contributed by atoms with van der Waals surface area (Å²) in [7, 11) is -1.61. The van der Waals surface area contributed by atoms with Crippen LogP contribution in [0, 0.1) is 40.4 Å². The van der Waals surface area contributed by atoms with E-state index in [0.29, 0.717) is 15.9 Å². The van der Waals surface area contributed by atoms with E-state index in [0.717, 1.165) is 42.6 Å². The summed E-state index contributed by atoms with van der Waals surface area (Å²) in [6, 6.07) is 0. The predicted octanol–water partition coefficient (Wildman–Crippen LogP) is 9.52. The summed E-state index contributed by atoms with van der Waals surface area (Å²) in [4.78, 5) is 0. The van der Waals surface area contributed by atoms with Crippen molar-refractivity contribution >= 4 is 8.32 Å². The molecule has 0 amide bonds. The van der Waals surface area contributed by atoms with Crippen LogP contribution in [0.2, 0.25) is 18.1 Å². The van der Waals surface area contributed by atoms with E-state index in [9.17, 15) is 0 Å². The molecule has 1 aliphatic heterocycles. The fraction of sp³-hybridized carbons (Fsp3) is 0.941. The summed E-state index contributed by atoms with van der Waals surface area (Å²) in [6.07, 6.45) is 16.5. The van der Waals surface area contributed by atoms with Crippen LogP contribution in [0.1, 0.15) is 120 Å². The highest BCUT2D eigenvalue weighted by Gasteiger charge is 2.61. The lowest BCUT2D eigenvalue weighted by molar-refractivity contribution is -0.143. The number of allylic oxidation sites excluding steroid dienone is 1. The largest absolute Gasteiger partial charge is 0.417 e. The van der Waals surface area contributed by atoms with E-state index in [1.165, 1.54) is 57.8 Å². The predicted molar refractivity (Wildman–Crippen MR) is 161 cm³/mol. The quantitative estimate of drug-likeness (QED) is 0.181. The maximum Gasteiger partial charge on any atom is 0.191 e. The van der Waals surface area contributed by atoms with Crippen LogP contribution in [0.4, 0.5) is 0 Å². The van der Waals surface area contributed by atoms with E-state index in [4.69, 9.17) is 13.9 Å². The summed E-state index contributed by atoms with van der Waals surface area (Å²) in [5, 5.41) is 0.312. The van der Waals surface area contributed by atoms with Gasteiger partial charge in [0.1, 0.15) is 6.10 Å². The average molecular weight is 545 g/mol. The van der Waals surface area contributed by atoms with Gasteiger partial charge in [-0.15, -0.1) is 0 Å². The molecule has 4 fully saturated rings. The third kappa shape index (κ3) is 4.94. The maximum atomic E-state index is 6.51. The van der Waals surface area contributed by atoms with Crippen molar-refractivity contribution in [3.8, 4) is 0 Å². The molecule has 1 heterocycles. The third-order valence-electron chi connectivity index (χ3n) is 13.0. The number of unbranched alkanes of at least 4 members (excludes halogenated alkanes) is 1. The Labute approximate surface area is 236 Å². The van der Waals surface area contributed by atoms with Gasteiger partial charge >= 0.3 is 0 Å². The molecule has 3 saturated carbocycles. The Kier molecular flexibility index (Phi) is 7.71. The van der Waals surface area contributed by atoms with Crippen LogP contribution >= 0.6 is 0 Å². The Hall–Kier alpha value is -0.163. The molecular formula is C34H60O3Si. The molecule has 0 aromatic heterocycles. The van der Waals surface area contributed by atoms with Gasteiger partial charge in [-0.1, -0.05) is 60.5 Å². The molecule has 0 bridgehead atoms. The Balaban J connectivity index is 1.20. The second kappa shape index (κ2) is 9.98. The SMILES string of the molecule is C[C@H](CCCCO[Si](C)(C)C(C)(C)C)[C@H]1CC[C@H]2[C@@H]3CC=C4[C@H]5OC(C)(C)O[C@H]5CC[C@]4(C)[C@H]3CC[C@]12C. The number of fused-ring (bicyclic) bond motifs is 7. The average Bonchev–Trinajstić information content (AvgIpc) is 3.32. The fourth-order valence-corrected chi connectivity index (χ4v) is 11.0. The summed E-state index contributed by atoms with van der Waals surface area (Å²) >= 11 is 0. The van der Waals surface area contributed by atoms with Crippen molar-refractivity contribution in [2.45, 2.75) is 156 Å². The van der Waals surface area contributed by atoms with Gasteiger partial charge in [0.05, 0.1) is 6.10 Å². The first-order valence-electron chi connectivity index (χ1n) is 16.3. The molecule has 0 spiro atoms. The van der Waals surface area contributed by atoms with E-state index in [-0.39, 0.29) is 12.2 Å². The van der Waals surface area contributed by atoms with Gasteiger partial charge in [0.2, 0.25) is 0 Å². The Morgan fingerprint density at radius 2 is 1.71 bits per heavy atom. The molecule has 9 atom stereocenters. The molecule has 0 radical (unpaired) electrons. The number of ether oxygens (including phenoxy) is 2. The normalized spacial score (nSPS) is 43.1. The zero-order chi connectivity index (χ0) is 27.7. The highest BCUT2D eigenvalue weighted by Crippen LogP contribution is 2.68. The molecule has 0 unspecified atom stereocenters. The second-order valence-electron chi connectivity index (χ2n) is 16.6. The fourth-order valence-electron chi connectivity index (χ4n) is 9.93. The highest BCUT2D eigenvalue weighted by molar-refractivity contribution is 6.74. The van der Waals surface area contributed by atoms with Gasteiger partial charge in [-0.2, -0.15) is 0 Å². The first kappa shape index (κ1) is 29.3. The minimum Gasteiger partial charge on any atom is -0.417 e. The third-order valence-corrected chi connectivity index (χ3v) is 17.6. The standard InChI is InChI=1S/C34H60O3Si/c1-23(13-11-12-22-35-38(9,10)31(2,3)4)25-16-17-26-24-14-15-28-30-29(36-32(5,6)37-30)19-21-34(28,8)27(24)18-20-33(25,26)7/h15,23-27,29-30H,11-14,16-22H2,1-10H3/t23-,24+,25-,26+,27+,29+,30-,33-,34-/m1/s1. The topological polar surface area (TPSA) is 27.7 Å². The minimum absolute atomic E-state index is 0.190. The molecule has 0 N–H and O–H groups in total. The van der Waals surface area contributed by atoms with Crippen molar-refractivity contribution in [1.29, 1.82) is 0 Å². The number of hydrogen-bond donors (Lipinski definition) is 0. The van der Waals surface area contributed by atoms with Crippen molar-refractivity contribution in [3.63, 3.8) is 0 Å². The van der Waals surface area contributed by atoms with Gasteiger partial charge in [0.25, 0.3) is 0 Å². The number of rotatable bonds is 7. The van der Waals surface area contributed by atoms with Crippen molar-refractivity contribution in [3.05, 3.63) is 11.6 Å². The molecule has 3 nitrogen and oxygen atoms in total. The van der Waals surface area contributed by atoms with Crippen LogP contribution in [-0.4, -0.2) is 32.9 Å². The second-order valence-corrected chi connectivity index (χ2v) is 21.4. The lowest BCUT2D eigenvalue weighted by atomic mass is 9.46. The molecule has 4 aliphatic carbocycles. The van der Waals surface area contributed by atoms with Crippen LogP contribution in [0.15, 0.2) is 11.6 Å². The van der Waals surface area contributed by atoms with Gasteiger partial charge in [-0.3, -0.25) is 0 Å². The summed E-state index contributed by atoms with van der Waals surface area (Å²) in [6.45, 7) is 24.9. The highest BCUT2D eigenvalue weighted by atomic mass is 28.4. The van der Waals surface area contributed by atoms with E-state index >= 15 is 0 Å². The van der Waals surface area contributed by atoms with Crippen LogP contribution in [0.5, 0.6) is 0 Å². The molecule has 0 aromatic carbocycles. The zero-order valence-corrected chi connectivity index (χ0v) is 27.6. The van der Waals surface area contributed by atoms with Crippen LogP contribution in [0.25, 0.3) is 0 Å². The van der Waals surface area contributed by atoms with Crippen LogP contribution < -0.4 is 0 Å². The van der Waals surface area contributed by atoms with Gasteiger partial charge < -0.3 is 13.9 Å². The van der Waals surface area contributed by atoms with Crippen molar-refractivity contribution in [2.24, 2.45) is 40.4 Å². The van der Waals surface area contributed by atoms with Crippen LogP contribution in [0.3, 0.4) is 0 Å². The summed E-state index contributed by atoms with van der Waals surface area (Å²) in [5.41, 5.74) is 2.45. The molecule has 38 heavy (non-hydrogen) atoms. The number of hydrogen-bond acceptors (Lipinski definition) is 3. The first-order valence-corrected chi connectivity index (χ1v) is 19.2. The van der Waals surface area contributed by atoms with Crippen LogP contribution in [-0.2, 0) is 13.9 Å². The van der Waals surface area contributed by atoms with Gasteiger partial charge in [-0.05, 0) is 129 Å². The Morgan fingerprint density at radius 1 is 0.974 bits per heavy atom. The first-order chi connectivity index (χ1) is 17.6. The smallest absolute Gasteiger partial charge is 0.191 e. The maximum absolute atomic E-state index is 6.51.